The van der Waals surface area contributed by atoms with Crippen molar-refractivity contribution in [1.82, 2.24) is 5.32 Å². The molecule has 1 atom stereocenters. The Kier molecular flexibility index (Phi) is 5.02. The maximum absolute atomic E-state index is 13.8. The molecule has 0 saturated heterocycles. The van der Waals surface area contributed by atoms with E-state index in [1.54, 1.807) is 18.4 Å². The molecule has 5 heteroatoms. The lowest BCUT2D eigenvalue weighted by molar-refractivity contribution is 0.499. The fourth-order valence-corrected chi connectivity index (χ4v) is 2.78. The van der Waals surface area contributed by atoms with Crippen LogP contribution >= 0.6 is 27.5 Å². The van der Waals surface area contributed by atoms with Crippen LogP contribution in [0.15, 0.2) is 39.6 Å². The number of rotatable bonds is 5. The molecule has 0 aliphatic carbocycles. The quantitative estimate of drug-likeness (QED) is 0.847. The van der Waals surface area contributed by atoms with Gasteiger partial charge in [-0.05, 0) is 47.1 Å². The van der Waals surface area contributed by atoms with Gasteiger partial charge in [-0.1, -0.05) is 24.6 Å². The largest absolute Gasteiger partial charge is 0.457 e. The molecule has 2 nitrogen and oxygen atoms in total. The van der Waals surface area contributed by atoms with Gasteiger partial charge in [-0.3, -0.25) is 0 Å². The van der Waals surface area contributed by atoms with E-state index in [1.165, 1.54) is 6.07 Å². The summed E-state index contributed by atoms with van der Waals surface area (Å²) in [4.78, 5) is 0. The van der Waals surface area contributed by atoms with Gasteiger partial charge in [0.25, 0.3) is 0 Å². The average Bonchev–Trinajstić information content (AvgIpc) is 2.79. The summed E-state index contributed by atoms with van der Waals surface area (Å²) in [5.74, 6) is -0.282. The van der Waals surface area contributed by atoms with Crippen molar-refractivity contribution in [3.63, 3.8) is 0 Å². The number of likely N-dealkylation sites (N-methyl/N-ethyl adjacent to an activating group) is 1. The first-order valence-corrected chi connectivity index (χ1v) is 7.19. The van der Waals surface area contributed by atoms with Gasteiger partial charge in [-0.15, -0.1) is 0 Å². The van der Waals surface area contributed by atoms with E-state index in [2.05, 4.69) is 21.2 Å². The maximum Gasteiger partial charge on any atom is 0.173 e. The summed E-state index contributed by atoms with van der Waals surface area (Å²) in [6, 6.07) is 6.55. The third kappa shape index (κ3) is 3.38. The molecule has 0 saturated carbocycles. The van der Waals surface area contributed by atoms with Crippen molar-refractivity contribution in [2.75, 3.05) is 6.54 Å². The molecule has 0 fully saturated rings. The monoisotopic (exact) mass is 345 g/mol. The summed E-state index contributed by atoms with van der Waals surface area (Å²) >= 11 is 9.43. The van der Waals surface area contributed by atoms with E-state index in [0.29, 0.717) is 21.7 Å². The fourth-order valence-electron chi connectivity index (χ4n) is 2.02. The number of hydrogen-bond acceptors (Lipinski definition) is 2. The molecule has 102 valence electrons. The molecule has 0 spiro atoms. The van der Waals surface area contributed by atoms with Crippen LogP contribution < -0.4 is 5.32 Å². The number of halogens is 3. The standard InChI is InChI=1S/C14H14BrClFNO/c1-2-18-13(9-6-7-19-14(9)15)8-10-11(16)4-3-5-12(10)17/h3-7,13,18H,2,8H2,1H3. The first-order valence-electron chi connectivity index (χ1n) is 6.02. The summed E-state index contributed by atoms with van der Waals surface area (Å²) in [5.41, 5.74) is 1.48. The van der Waals surface area contributed by atoms with E-state index in [9.17, 15) is 4.39 Å². The maximum atomic E-state index is 13.8. The van der Waals surface area contributed by atoms with Crippen molar-refractivity contribution in [1.29, 1.82) is 0 Å². The lowest BCUT2D eigenvalue weighted by Crippen LogP contribution is -2.23. The Morgan fingerprint density at radius 3 is 2.79 bits per heavy atom. The Labute approximate surface area is 125 Å². The zero-order chi connectivity index (χ0) is 13.8. The molecule has 19 heavy (non-hydrogen) atoms. The normalized spacial score (nSPS) is 12.6. The Bertz CT molecular complexity index is 538. The van der Waals surface area contributed by atoms with Crippen LogP contribution in [0.4, 0.5) is 4.39 Å². The van der Waals surface area contributed by atoms with E-state index in [4.69, 9.17) is 16.0 Å². The van der Waals surface area contributed by atoms with Crippen molar-refractivity contribution in [2.45, 2.75) is 19.4 Å². The van der Waals surface area contributed by atoms with Gasteiger partial charge < -0.3 is 9.73 Å². The van der Waals surface area contributed by atoms with E-state index >= 15 is 0 Å². The van der Waals surface area contributed by atoms with E-state index in [1.807, 2.05) is 13.0 Å². The number of hydrogen-bond donors (Lipinski definition) is 1. The molecule has 1 heterocycles. The Morgan fingerprint density at radius 2 is 2.21 bits per heavy atom. The summed E-state index contributed by atoms with van der Waals surface area (Å²) in [6.45, 7) is 2.78. The molecule has 1 aromatic carbocycles. The minimum atomic E-state index is -0.282. The summed E-state index contributed by atoms with van der Waals surface area (Å²) in [5, 5.41) is 3.76. The highest BCUT2D eigenvalue weighted by atomic mass is 79.9. The van der Waals surface area contributed by atoms with Gasteiger partial charge in [0.1, 0.15) is 5.82 Å². The Balaban J connectivity index is 2.29. The Morgan fingerprint density at radius 1 is 1.42 bits per heavy atom. The minimum absolute atomic E-state index is 0.0486. The van der Waals surface area contributed by atoms with Crippen LogP contribution in [-0.2, 0) is 6.42 Å². The van der Waals surface area contributed by atoms with Gasteiger partial charge in [-0.25, -0.2) is 4.39 Å². The second kappa shape index (κ2) is 6.55. The topological polar surface area (TPSA) is 25.2 Å². The lowest BCUT2D eigenvalue weighted by atomic mass is 10.0. The van der Waals surface area contributed by atoms with Crippen molar-refractivity contribution in [3.05, 3.63) is 57.2 Å². The third-order valence-electron chi connectivity index (χ3n) is 2.94. The molecular weight excluding hydrogens is 333 g/mol. The molecule has 0 radical (unpaired) electrons. The van der Waals surface area contributed by atoms with Crippen molar-refractivity contribution >= 4 is 27.5 Å². The van der Waals surface area contributed by atoms with Crippen LogP contribution in [0.2, 0.25) is 5.02 Å². The molecule has 2 aromatic rings. The van der Waals surface area contributed by atoms with E-state index in [0.717, 1.165) is 12.1 Å². The first kappa shape index (κ1) is 14.6. The van der Waals surface area contributed by atoms with Crippen LogP contribution in [0, 0.1) is 5.82 Å². The second-order valence-electron chi connectivity index (χ2n) is 4.16. The van der Waals surface area contributed by atoms with Crippen LogP contribution in [0.3, 0.4) is 0 Å². The predicted molar refractivity (Wildman–Crippen MR) is 77.9 cm³/mol. The first-order chi connectivity index (χ1) is 9.13. The van der Waals surface area contributed by atoms with Crippen molar-refractivity contribution in [2.24, 2.45) is 0 Å². The summed E-state index contributed by atoms with van der Waals surface area (Å²) in [6.07, 6.45) is 2.07. The molecule has 1 unspecified atom stereocenters. The molecule has 0 aliphatic rings. The summed E-state index contributed by atoms with van der Waals surface area (Å²) < 4.78 is 19.7. The molecule has 0 bridgehead atoms. The van der Waals surface area contributed by atoms with Gasteiger partial charge in [0.05, 0.1) is 6.26 Å². The van der Waals surface area contributed by atoms with Crippen molar-refractivity contribution in [3.8, 4) is 0 Å². The smallest absolute Gasteiger partial charge is 0.173 e. The fraction of sp³-hybridized carbons (Fsp3) is 0.286. The Hall–Kier alpha value is -0.840. The highest BCUT2D eigenvalue weighted by molar-refractivity contribution is 9.10. The predicted octanol–water partition coefficient (Wildman–Crippen LogP) is 4.73. The van der Waals surface area contributed by atoms with Crippen molar-refractivity contribution < 1.29 is 8.81 Å². The average molecular weight is 347 g/mol. The molecular formula is C14H14BrClFNO. The lowest BCUT2D eigenvalue weighted by Gasteiger charge is -2.18. The van der Waals surface area contributed by atoms with Gasteiger partial charge in [0.15, 0.2) is 4.67 Å². The van der Waals surface area contributed by atoms with Gasteiger partial charge >= 0.3 is 0 Å². The number of nitrogens with one attached hydrogen (secondary N) is 1. The van der Waals surface area contributed by atoms with Crippen LogP contribution in [0.1, 0.15) is 24.1 Å². The minimum Gasteiger partial charge on any atom is -0.457 e. The zero-order valence-electron chi connectivity index (χ0n) is 10.4. The SMILES string of the molecule is CCNC(Cc1c(F)cccc1Cl)c1ccoc1Br. The second-order valence-corrected chi connectivity index (χ2v) is 5.29. The number of furan rings is 1. The molecule has 0 aliphatic heterocycles. The van der Waals surface area contributed by atoms with Gasteiger partial charge in [0.2, 0.25) is 0 Å². The van der Waals surface area contributed by atoms with E-state index in [-0.39, 0.29) is 11.9 Å². The van der Waals surface area contributed by atoms with Crippen LogP contribution in [0.5, 0.6) is 0 Å². The molecule has 0 amide bonds. The molecule has 2 rings (SSSR count). The zero-order valence-corrected chi connectivity index (χ0v) is 12.8. The number of benzene rings is 1. The molecule has 1 N–H and O–H groups in total. The van der Waals surface area contributed by atoms with E-state index < -0.39 is 0 Å². The highest BCUT2D eigenvalue weighted by Crippen LogP contribution is 2.30. The van der Waals surface area contributed by atoms with Crippen LogP contribution in [-0.4, -0.2) is 6.54 Å². The van der Waals surface area contributed by atoms with Crippen LogP contribution in [0.25, 0.3) is 0 Å². The summed E-state index contributed by atoms with van der Waals surface area (Å²) in [7, 11) is 0. The van der Waals surface area contributed by atoms with Gasteiger partial charge in [-0.2, -0.15) is 0 Å². The highest BCUT2D eigenvalue weighted by Gasteiger charge is 2.19. The van der Waals surface area contributed by atoms with Gasteiger partial charge in [0, 0.05) is 22.2 Å². The molecule has 1 aromatic heterocycles. The third-order valence-corrected chi connectivity index (χ3v) is 3.94.